The molecule has 0 aromatic carbocycles. The quantitative estimate of drug-likeness (QED) is 0.575. The molecule has 0 amide bonds. The minimum atomic E-state index is -3.48. The SMILES string of the molecule is CCOP(=O)(OCC)C1C(=O)OC2(C)CCC1C2(C)C. The maximum atomic E-state index is 13.0. The summed E-state index contributed by atoms with van der Waals surface area (Å²) in [6.45, 7) is 10.1. The number of ether oxygens (including phenoxy) is 1. The molecule has 1 heterocycles. The lowest BCUT2D eigenvalue weighted by Crippen LogP contribution is -2.55. The first-order chi connectivity index (χ1) is 9.22. The van der Waals surface area contributed by atoms with Gasteiger partial charge in [0.25, 0.3) is 0 Å². The van der Waals surface area contributed by atoms with Crippen molar-refractivity contribution < 1.29 is 23.1 Å². The zero-order valence-corrected chi connectivity index (χ0v) is 13.9. The summed E-state index contributed by atoms with van der Waals surface area (Å²) in [5.74, 6) is -0.461. The zero-order valence-electron chi connectivity index (χ0n) is 13.0. The summed E-state index contributed by atoms with van der Waals surface area (Å²) >= 11 is 0. The topological polar surface area (TPSA) is 61.8 Å². The summed E-state index contributed by atoms with van der Waals surface area (Å²) in [5.41, 5.74) is -1.50. The molecule has 2 fully saturated rings. The maximum absolute atomic E-state index is 13.0. The first kappa shape index (κ1) is 16.0. The molecule has 0 N–H and O–H groups in total. The number of carbonyl (C=O) groups excluding carboxylic acids is 1. The largest absolute Gasteiger partial charge is 0.458 e. The predicted molar refractivity (Wildman–Crippen MR) is 75.6 cm³/mol. The van der Waals surface area contributed by atoms with Crippen molar-refractivity contribution in [2.45, 2.75) is 58.7 Å². The molecule has 3 unspecified atom stereocenters. The van der Waals surface area contributed by atoms with Crippen molar-refractivity contribution in [3.8, 4) is 0 Å². The third-order valence-corrected chi connectivity index (χ3v) is 7.62. The summed E-state index contributed by atoms with van der Waals surface area (Å²) in [6.07, 6.45) is 1.61. The van der Waals surface area contributed by atoms with Crippen molar-refractivity contribution in [1.82, 2.24) is 0 Å². The van der Waals surface area contributed by atoms with E-state index in [-0.39, 0.29) is 24.5 Å². The Morgan fingerprint density at radius 3 is 2.30 bits per heavy atom. The molecule has 6 heteroatoms. The van der Waals surface area contributed by atoms with Crippen LogP contribution in [0.5, 0.6) is 0 Å². The van der Waals surface area contributed by atoms with Crippen LogP contribution in [-0.4, -0.2) is 30.4 Å². The van der Waals surface area contributed by atoms with Gasteiger partial charge in [0.05, 0.1) is 13.2 Å². The monoisotopic (exact) mass is 304 g/mol. The number of hydrogen-bond acceptors (Lipinski definition) is 5. The van der Waals surface area contributed by atoms with Crippen LogP contribution in [0, 0.1) is 11.3 Å². The molecular weight excluding hydrogens is 279 g/mol. The fourth-order valence-electron chi connectivity index (χ4n) is 3.60. The molecule has 2 bridgehead atoms. The fourth-order valence-corrected chi connectivity index (χ4v) is 5.98. The van der Waals surface area contributed by atoms with Crippen LogP contribution in [0.25, 0.3) is 0 Å². The standard InChI is InChI=1S/C14H25O5P/c1-6-17-20(16,18-7-2)11-10-8-9-14(5,13(10,3)4)19-12(11)15/h10-11H,6-9H2,1-5H3. The van der Waals surface area contributed by atoms with E-state index in [0.717, 1.165) is 12.8 Å². The van der Waals surface area contributed by atoms with Gasteiger partial charge in [-0.05, 0) is 39.5 Å². The lowest BCUT2D eigenvalue weighted by Gasteiger charge is -2.48. The molecule has 2 aliphatic rings. The van der Waals surface area contributed by atoms with Gasteiger partial charge in [-0.1, -0.05) is 13.8 Å². The van der Waals surface area contributed by atoms with Crippen LogP contribution in [-0.2, 0) is 23.1 Å². The molecule has 1 saturated carbocycles. The van der Waals surface area contributed by atoms with Crippen LogP contribution >= 0.6 is 7.60 Å². The van der Waals surface area contributed by atoms with Crippen LogP contribution < -0.4 is 0 Å². The normalized spacial score (nSPS) is 36.0. The van der Waals surface area contributed by atoms with Gasteiger partial charge in [-0.3, -0.25) is 9.36 Å². The number of rotatable bonds is 5. The van der Waals surface area contributed by atoms with Gasteiger partial charge in [0.1, 0.15) is 5.60 Å². The van der Waals surface area contributed by atoms with Crippen LogP contribution in [0.1, 0.15) is 47.5 Å². The third-order valence-electron chi connectivity index (χ3n) is 5.13. The Labute approximate surface area is 120 Å². The Morgan fingerprint density at radius 1 is 1.25 bits per heavy atom. The molecule has 1 aliphatic carbocycles. The lowest BCUT2D eigenvalue weighted by atomic mass is 9.70. The van der Waals surface area contributed by atoms with E-state index in [1.54, 1.807) is 13.8 Å². The molecule has 116 valence electrons. The molecule has 2 rings (SSSR count). The average molecular weight is 304 g/mol. The first-order valence-corrected chi connectivity index (χ1v) is 8.94. The van der Waals surface area contributed by atoms with E-state index in [9.17, 15) is 9.36 Å². The molecule has 0 aromatic heterocycles. The van der Waals surface area contributed by atoms with Crippen molar-refractivity contribution in [3.63, 3.8) is 0 Å². The van der Waals surface area contributed by atoms with Crippen LogP contribution in [0.4, 0.5) is 0 Å². The second kappa shape index (κ2) is 5.11. The van der Waals surface area contributed by atoms with E-state index < -0.39 is 24.8 Å². The molecule has 0 spiro atoms. The Balaban J connectivity index is 2.41. The van der Waals surface area contributed by atoms with Gasteiger partial charge in [-0.2, -0.15) is 0 Å². The number of fused-ring (bicyclic) bond motifs is 2. The summed E-state index contributed by atoms with van der Waals surface area (Å²) in [4.78, 5) is 12.4. The zero-order chi connectivity index (χ0) is 15.2. The highest BCUT2D eigenvalue weighted by molar-refractivity contribution is 7.55. The average Bonchev–Trinajstić information content (AvgIpc) is 2.47. The van der Waals surface area contributed by atoms with E-state index >= 15 is 0 Å². The van der Waals surface area contributed by atoms with E-state index in [2.05, 4.69) is 13.8 Å². The Morgan fingerprint density at radius 2 is 1.80 bits per heavy atom. The summed E-state index contributed by atoms with van der Waals surface area (Å²) in [7, 11) is -3.48. The van der Waals surface area contributed by atoms with Crippen molar-refractivity contribution in [2.75, 3.05) is 13.2 Å². The van der Waals surface area contributed by atoms with Gasteiger partial charge in [-0.25, -0.2) is 0 Å². The van der Waals surface area contributed by atoms with E-state index in [1.807, 2.05) is 6.92 Å². The van der Waals surface area contributed by atoms with Crippen LogP contribution in [0.2, 0.25) is 0 Å². The van der Waals surface area contributed by atoms with Crippen molar-refractivity contribution in [3.05, 3.63) is 0 Å². The molecule has 3 atom stereocenters. The molecule has 1 aliphatic heterocycles. The predicted octanol–water partition coefficient (Wildman–Crippen LogP) is 3.37. The second-order valence-electron chi connectivity index (χ2n) is 6.34. The smallest absolute Gasteiger partial charge is 0.345 e. The highest BCUT2D eigenvalue weighted by atomic mass is 31.2. The number of carbonyl (C=O) groups is 1. The molecule has 20 heavy (non-hydrogen) atoms. The van der Waals surface area contributed by atoms with Gasteiger partial charge in [-0.15, -0.1) is 0 Å². The van der Waals surface area contributed by atoms with E-state index in [4.69, 9.17) is 13.8 Å². The Kier molecular flexibility index (Phi) is 4.09. The van der Waals surface area contributed by atoms with Crippen molar-refractivity contribution >= 4 is 13.6 Å². The minimum Gasteiger partial charge on any atom is -0.458 e. The molecule has 1 saturated heterocycles. The minimum absolute atomic E-state index is 0.0299. The number of esters is 1. The summed E-state index contributed by atoms with van der Waals surface area (Å²) in [5, 5.41) is 0. The van der Waals surface area contributed by atoms with Gasteiger partial charge < -0.3 is 13.8 Å². The fraction of sp³-hybridized carbons (Fsp3) is 0.929. The summed E-state index contributed by atoms with van der Waals surface area (Å²) in [6, 6.07) is 0. The van der Waals surface area contributed by atoms with Gasteiger partial charge in [0, 0.05) is 5.41 Å². The maximum Gasteiger partial charge on any atom is 0.345 e. The van der Waals surface area contributed by atoms with Crippen LogP contribution in [0.15, 0.2) is 0 Å². The third kappa shape index (κ3) is 2.15. The molecule has 0 aromatic rings. The first-order valence-electron chi connectivity index (χ1n) is 7.33. The van der Waals surface area contributed by atoms with Gasteiger partial charge >= 0.3 is 13.6 Å². The van der Waals surface area contributed by atoms with E-state index in [1.165, 1.54) is 0 Å². The van der Waals surface area contributed by atoms with E-state index in [0.29, 0.717) is 0 Å². The highest BCUT2D eigenvalue weighted by Crippen LogP contribution is 2.67. The Bertz CT molecular complexity index is 437. The van der Waals surface area contributed by atoms with Crippen LogP contribution in [0.3, 0.4) is 0 Å². The molecule has 5 nitrogen and oxygen atoms in total. The Hall–Kier alpha value is -0.380. The second-order valence-corrected chi connectivity index (χ2v) is 8.49. The van der Waals surface area contributed by atoms with Gasteiger partial charge in [0.15, 0.2) is 5.66 Å². The van der Waals surface area contributed by atoms with Gasteiger partial charge in [0.2, 0.25) is 0 Å². The molecule has 0 radical (unpaired) electrons. The van der Waals surface area contributed by atoms with Crippen molar-refractivity contribution in [2.24, 2.45) is 11.3 Å². The molecular formula is C14H25O5P. The number of hydrogen-bond donors (Lipinski definition) is 0. The summed E-state index contributed by atoms with van der Waals surface area (Å²) < 4.78 is 29.5. The van der Waals surface area contributed by atoms with Crippen molar-refractivity contribution in [1.29, 1.82) is 0 Å². The lowest BCUT2D eigenvalue weighted by molar-refractivity contribution is -0.182. The highest BCUT2D eigenvalue weighted by Gasteiger charge is 2.66.